The molecule has 98 valence electrons. The van der Waals surface area contributed by atoms with Crippen LogP contribution in [0.4, 0.5) is 8.78 Å². The van der Waals surface area contributed by atoms with Crippen molar-refractivity contribution in [2.24, 2.45) is 5.92 Å². The van der Waals surface area contributed by atoms with Crippen molar-refractivity contribution in [3.05, 3.63) is 29.8 Å². The van der Waals surface area contributed by atoms with Crippen molar-refractivity contribution in [3.8, 4) is 5.75 Å². The fraction of sp³-hybridized carbons (Fsp3) is 0.417. The number of rotatable bonds is 5. The van der Waals surface area contributed by atoms with Crippen LogP contribution in [0.3, 0.4) is 0 Å². The molecule has 1 aromatic carbocycles. The van der Waals surface area contributed by atoms with E-state index in [1.807, 2.05) is 0 Å². The van der Waals surface area contributed by atoms with E-state index in [-0.39, 0.29) is 24.2 Å². The number of halogens is 2. The Balaban J connectivity index is 1.68. The van der Waals surface area contributed by atoms with Crippen LogP contribution in [0.1, 0.15) is 0 Å². The molecule has 18 heavy (non-hydrogen) atoms. The first-order valence-electron chi connectivity index (χ1n) is 5.73. The van der Waals surface area contributed by atoms with Crippen LogP contribution >= 0.6 is 0 Å². The lowest BCUT2D eigenvalue weighted by molar-refractivity contribution is -0.126. The molecule has 1 amide bonds. The summed E-state index contributed by atoms with van der Waals surface area (Å²) < 4.78 is 30.7. The fourth-order valence-corrected chi connectivity index (χ4v) is 1.53. The molecule has 4 nitrogen and oxygen atoms in total. The van der Waals surface area contributed by atoms with E-state index in [2.05, 4.69) is 10.6 Å². The summed E-state index contributed by atoms with van der Waals surface area (Å²) in [4.78, 5) is 11.4. The number of carbonyl (C=O) groups is 1. The summed E-state index contributed by atoms with van der Waals surface area (Å²) in [5.74, 6) is -1.59. The Bertz CT molecular complexity index is 436. The minimum Gasteiger partial charge on any atom is -0.492 e. The smallest absolute Gasteiger partial charge is 0.225 e. The summed E-state index contributed by atoms with van der Waals surface area (Å²) in [6, 6.07) is 3.33. The molecule has 0 saturated carbocycles. The molecule has 1 aliphatic heterocycles. The highest BCUT2D eigenvalue weighted by Gasteiger charge is 2.24. The van der Waals surface area contributed by atoms with Crippen molar-refractivity contribution in [1.29, 1.82) is 0 Å². The first kappa shape index (κ1) is 12.8. The van der Waals surface area contributed by atoms with Crippen LogP contribution in [-0.2, 0) is 4.79 Å². The standard InChI is InChI=1S/C12H14F2N2O2/c13-10-2-1-9(5-11(10)14)18-4-3-16-12(17)8-6-15-7-8/h1-2,5,8,15H,3-4,6-7H2,(H,16,17). The Morgan fingerprint density at radius 2 is 2.17 bits per heavy atom. The number of hydrogen-bond donors (Lipinski definition) is 2. The lowest BCUT2D eigenvalue weighted by Crippen LogP contribution is -2.51. The second-order valence-corrected chi connectivity index (χ2v) is 4.07. The average molecular weight is 256 g/mol. The van der Waals surface area contributed by atoms with Gasteiger partial charge in [-0.2, -0.15) is 0 Å². The van der Waals surface area contributed by atoms with Crippen LogP contribution in [0.15, 0.2) is 18.2 Å². The number of hydrogen-bond acceptors (Lipinski definition) is 3. The molecule has 0 spiro atoms. The normalized spacial score (nSPS) is 15.0. The number of nitrogens with one attached hydrogen (secondary N) is 2. The monoisotopic (exact) mass is 256 g/mol. The molecule has 0 bridgehead atoms. The van der Waals surface area contributed by atoms with E-state index in [1.165, 1.54) is 6.07 Å². The Morgan fingerprint density at radius 3 is 2.78 bits per heavy atom. The zero-order chi connectivity index (χ0) is 13.0. The van der Waals surface area contributed by atoms with Gasteiger partial charge in [0.05, 0.1) is 12.5 Å². The van der Waals surface area contributed by atoms with Crippen LogP contribution < -0.4 is 15.4 Å². The first-order valence-corrected chi connectivity index (χ1v) is 5.73. The van der Waals surface area contributed by atoms with Gasteiger partial charge in [0.1, 0.15) is 12.4 Å². The van der Waals surface area contributed by atoms with E-state index in [1.54, 1.807) is 0 Å². The third-order valence-corrected chi connectivity index (χ3v) is 2.71. The van der Waals surface area contributed by atoms with E-state index >= 15 is 0 Å². The topological polar surface area (TPSA) is 50.4 Å². The summed E-state index contributed by atoms with van der Waals surface area (Å²) >= 11 is 0. The molecule has 1 heterocycles. The quantitative estimate of drug-likeness (QED) is 0.762. The van der Waals surface area contributed by atoms with Gasteiger partial charge in [-0.15, -0.1) is 0 Å². The summed E-state index contributed by atoms with van der Waals surface area (Å²) in [6.07, 6.45) is 0. The van der Waals surface area contributed by atoms with E-state index in [9.17, 15) is 13.6 Å². The van der Waals surface area contributed by atoms with Gasteiger partial charge in [-0.05, 0) is 12.1 Å². The van der Waals surface area contributed by atoms with E-state index in [4.69, 9.17) is 4.74 Å². The summed E-state index contributed by atoms with van der Waals surface area (Å²) in [7, 11) is 0. The van der Waals surface area contributed by atoms with Crippen molar-refractivity contribution in [2.75, 3.05) is 26.2 Å². The Hall–Kier alpha value is -1.69. The molecule has 1 fully saturated rings. The number of benzene rings is 1. The molecule has 0 unspecified atom stereocenters. The van der Waals surface area contributed by atoms with Crippen LogP contribution in [0.5, 0.6) is 5.75 Å². The molecule has 0 aliphatic carbocycles. The highest BCUT2D eigenvalue weighted by Crippen LogP contribution is 2.14. The second-order valence-electron chi connectivity index (χ2n) is 4.07. The Morgan fingerprint density at radius 1 is 1.39 bits per heavy atom. The molecule has 0 atom stereocenters. The number of carbonyl (C=O) groups excluding carboxylic acids is 1. The molecule has 1 saturated heterocycles. The van der Waals surface area contributed by atoms with Crippen molar-refractivity contribution >= 4 is 5.91 Å². The number of amides is 1. The van der Waals surface area contributed by atoms with Gasteiger partial charge >= 0.3 is 0 Å². The molecule has 2 N–H and O–H groups in total. The van der Waals surface area contributed by atoms with Crippen molar-refractivity contribution < 1.29 is 18.3 Å². The van der Waals surface area contributed by atoms with Crippen molar-refractivity contribution in [1.82, 2.24) is 10.6 Å². The molecule has 6 heteroatoms. The van der Waals surface area contributed by atoms with Crippen LogP contribution in [0, 0.1) is 17.6 Å². The minimum atomic E-state index is -0.947. The average Bonchev–Trinajstić information content (AvgIpc) is 2.27. The van der Waals surface area contributed by atoms with E-state index in [0.717, 1.165) is 12.1 Å². The fourth-order valence-electron chi connectivity index (χ4n) is 1.53. The largest absolute Gasteiger partial charge is 0.492 e. The van der Waals surface area contributed by atoms with Gasteiger partial charge in [0.25, 0.3) is 0 Å². The maximum absolute atomic E-state index is 12.8. The maximum atomic E-state index is 12.8. The van der Waals surface area contributed by atoms with Crippen LogP contribution in [0.25, 0.3) is 0 Å². The zero-order valence-electron chi connectivity index (χ0n) is 9.71. The van der Waals surface area contributed by atoms with Gasteiger partial charge in [-0.3, -0.25) is 4.79 Å². The van der Waals surface area contributed by atoms with Crippen molar-refractivity contribution in [3.63, 3.8) is 0 Å². The van der Waals surface area contributed by atoms with Gasteiger partial charge in [-0.1, -0.05) is 0 Å². The van der Waals surface area contributed by atoms with Crippen LogP contribution in [0.2, 0.25) is 0 Å². The van der Waals surface area contributed by atoms with E-state index in [0.29, 0.717) is 19.6 Å². The highest BCUT2D eigenvalue weighted by atomic mass is 19.2. The number of ether oxygens (including phenoxy) is 1. The third kappa shape index (κ3) is 3.16. The van der Waals surface area contributed by atoms with E-state index < -0.39 is 11.6 Å². The lowest BCUT2D eigenvalue weighted by atomic mass is 10.0. The summed E-state index contributed by atoms with van der Waals surface area (Å²) in [5, 5.41) is 5.71. The molecule has 1 aromatic rings. The molecular weight excluding hydrogens is 242 g/mol. The Kier molecular flexibility index (Phi) is 4.09. The lowest BCUT2D eigenvalue weighted by Gasteiger charge is -2.25. The summed E-state index contributed by atoms with van der Waals surface area (Å²) in [5.41, 5.74) is 0. The second kappa shape index (κ2) is 5.77. The molecule has 2 rings (SSSR count). The third-order valence-electron chi connectivity index (χ3n) is 2.71. The van der Waals surface area contributed by atoms with Gasteiger partial charge in [0.15, 0.2) is 11.6 Å². The zero-order valence-corrected chi connectivity index (χ0v) is 9.71. The van der Waals surface area contributed by atoms with Gasteiger partial charge in [0, 0.05) is 19.2 Å². The Labute approximate surface area is 103 Å². The molecular formula is C12H14F2N2O2. The molecule has 1 aliphatic rings. The minimum absolute atomic E-state index is 0.0114. The van der Waals surface area contributed by atoms with Crippen molar-refractivity contribution in [2.45, 2.75) is 0 Å². The van der Waals surface area contributed by atoms with Crippen LogP contribution in [-0.4, -0.2) is 32.1 Å². The first-order chi connectivity index (χ1) is 8.66. The van der Waals surface area contributed by atoms with Gasteiger partial charge in [-0.25, -0.2) is 8.78 Å². The maximum Gasteiger partial charge on any atom is 0.225 e. The predicted molar refractivity (Wildman–Crippen MR) is 61.2 cm³/mol. The predicted octanol–water partition coefficient (Wildman–Crippen LogP) is 0.679. The van der Waals surface area contributed by atoms with Gasteiger partial charge < -0.3 is 15.4 Å². The molecule has 0 aromatic heterocycles. The van der Waals surface area contributed by atoms with Gasteiger partial charge in [0.2, 0.25) is 5.91 Å². The molecule has 0 radical (unpaired) electrons. The summed E-state index contributed by atoms with van der Waals surface area (Å²) in [6.45, 7) is 1.97. The highest BCUT2D eigenvalue weighted by molar-refractivity contribution is 5.79. The SMILES string of the molecule is O=C(NCCOc1ccc(F)c(F)c1)C1CNC1.